The summed E-state index contributed by atoms with van der Waals surface area (Å²) in [6.07, 6.45) is 11.1. The topological polar surface area (TPSA) is 104 Å². The normalized spacial score (nSPS) is 27.2. The summed E-state index contributed by atoms with van der Waals surface area (Å²) in [6.45, 7) is 3.21. The van der Waals surface area contributed by atoms with Crippen molar-refractivity contribution in [1.82, 2.24) is 19.9 Å². The third-order valence-electron chi connectivity index (χ3n) is 8.06. The van der Waals surface area contributed by atoms with Crippen LogP contribution >= 0.6 is 0 Å². The number of carbonyl (C=O) groups excluding carboxylic acids is 1. The quantitative estimate of drug-likeness (QED) is 0.505. The average Bonchev–Trinajstić information content (AvgIpc) is 3.56. The predicted molar refractivity (Wildman–Crippen MR) is 134 cm³/mol. The molecule has 3 N–H and O–H groups in total. The molecule has 1 saturated carbocycles. The Bertz CT molecular complexity index is 1240. The molecule has 1 amide bonds. The zero-order chi connectivity index (χ0) is 24.0. The van der Waals surface area contributed by atoms with E-state index in [4.69, 9.17) is 15.2 Å². The molecule has 3 aromatic rings. The Labute approximate surface area is 205 Å². The number of fused-ring (bicyclic) bond motifs is 3. The van der Waals surface area contributed by atoms with E-state index in [2.05, 4.69) is 38.2 Å². The van der Waals surface area contributed by atoms with Gasteiger partial charge in [-0.3, -0.25) is 4.79 Å². The number of amides is 1. The van der Waals surface area contributed by atoms with Gasteiger partial charge in [-0.05, 0) is 62.1 Å². The van der Waals surface area contributed by atoms with Crippen molar-refractivity contribution in [3.63, 3.8) is 0 Å². The summed E-state index contributed by atoms with van der Waals surface area (Å²) in [6, 6.07) is 8.51. The van der Waals surface area contributed by atoms with Crippen molar-refractivity contribution >= 4 is 22.8 Å². The second-order valence-electron chi connectivity index (χ2n) is 10.4. The first-order chi connectivity index (χ1) is 17.0. The van der Waals surface area contributed by atoms with Crippen LogP contribution in [0.2, 0.25) is 0 Å². The molecule has 4 heterocycles. The molecule has 2 aliphatic heterocycles. The number of aromatic nitrogens is 3. The summed E-state index contributed by atoms with van der Waals surface area (Å²) in [5, 5.41) is 3.89. The highest BCUT2D eigenvalue weighted by molar-refractivity contribution is 6.00. The second-order valence-corrected chi connectivity index (χ2v) is 10.4. The minimum absolute atomic E-state index is 0.105. The van der Waals surface area contributed by atoms with E-state index in [-0.39, 0.29) is 11.5 Å². The van der Waals surface area contributed by atoms with Gasteiger partial charge in [-0.2, -0.15) is 0 Å². The minimum atomic E-state index is -0.105. The maximum Gasteiger partial charge on any atom is 0.219 e. The molecule has 0 radical (unpaired) electrons. The third kappa shape index (κ3) is 4.14. The van der Waals surface area contributed by atoms with E-state index >= 15 is 0 Å². The lowest BCUT2D eigenvalue weighted by Gasteiger charge is -2.36. The Morgan fingerprint density at radius 3 is 2.86 bits per heavy atom. The van der Waals surface area contributed by atoms with Gasteiger partial charge in [0.1, 0.15) is 35.7 Å². The summed E-state index contributed by atoms with van der Waals surface area (Å²) in [7, 11) is 0. The van der Waals surface area contributed by atoms with Crippen LogP contribution in [0.15, 0.2) is 36.8 Å². The molecule has 3 aliphatic rings. The molecular weight excluding hydrogens is 442 g/mol. The van der Waals surface area contributed by atoms with Gasteiger partial charge in [0.25, 0.3) is 0 Å². The molecule has 0 spiro atoms. The van der Waals surface area contributed by atoms with Gasteiger partial charge in [-0.25, -0.2) is 9.97 Å². The van der Waals surface area contributed by atoms with Crippen LogP contribution in [0.4, 0.5) is 5.82 Å². The van der Waals surface area contributed by atoms with Crippen molar-refractivity contribution in [2.45, 2.75) is 69.6 Å². The lowest BCUT2D eigenvalue weighted by Crippen LogP contribution is -2.36. The molecule has 3 fully saturated rings. The zero-order valence-corrected chi connectivity index (χ0v) is 20.2. The van der Waals surface area contributed by atoms with Gasteiger partial charge < -0.3 is 25.1 Å². The van der Waals surface area contributed by atoms with Crippen LogP contribution in [0, 0.1) is 5.92 Å². The van der Waals surface area contributed by atoms with E-state index in [0.29, 0.717) is 36.9 Å². The lowest BCUT2D eigenvalue weighted by molar-refractivity contribution is -0.121. The zero-order valence-electron chi connectivity index (χ0n) is 20.2. The number of ether oxygens (including phenoxy) is 2. The summed E-state index contributed by atoms with van der Waals surface area (Å²) in [4.78, 5) is 20.5. The summed E-state index contributed by atoms with van der Waals surface area (Å²) < 4.78 is 14.7. The number of rotatable bonds is 8. The maximum atomic E-state index is 11.6. The van der Waals surface area contributed by atoms with E-state index in [1.54, 1.807) is 0 Å². The number of carbonyl (C=O) groups is 1. The van der Waals surface area contributed by atoms with E-state index in [0.717, 1.165) is 73.0 Å². The van der Waals surface area contributed by atoms with Gasteiger partial charge in [0.2, 0.25) is 5.91 Å². The van der Waals surface area contributed by atoms with Crippen molar-refractivity contribution in [3.8, 4) is 16.9 Å². The lowest BCUT2D eigenvalue weighted by atomic mass is 9.80. The van der Waals surface area contributed by atoms with Crippen LogP contribution in [-0.2, 0) is 9.53 Å². The fourth-order valence-corrected chi connectivity index (χ4v) is 5.94. The first-order valence-corrected chi connectivity index (χ1v) is 12.8. The van der Waals surface area contributed by atoms with Crippen molar-refractivity contribution in [2.75, 3.05) is 18.9 Å². The summed E-state index contributed by atoms with van der Waals surface area (Å²) >= 11 is 0. The Hall–Kier alpha value is -3.13. The van der Waals surface area contributed by atoms with Crippen LogP contribution in [0.3, 0.4) is 0 Å². The molecule has 0 unspecified atom stereocenters. The minimum Gasteiger partial charge on any atom is -0.491 e. The van der Waals surface area contributed by atoms with Crippen LogP contribution in [0.1, 0.15) is 57.9 Å². The Balaban J connectivity index is 1.23. The molecule has 2 aromatic heterocycles. The fraction of sp³-hybridized carbons (Fsp3) is 0.519. The van der Waals surface area contributed by atoms with E-state index in [1.165, 1.54) is 6.33 Å². The van der Waals surface area contributed by atoms with Gasteiger partial charge in [0.05, 0.1) is 11.5 Å². The van der Waals surface area contributed by atoms with Crippen LogP contribution in [0.25, 0.3) is 22.2 Å². The Morgan fingerprint density at radius 2 is 2.11 bits per heavy atom. The number of hydrogen-bond acceptors (Lipinski definition) is 6. The maximum absolute atomic E-state index is 11.6. The van der Waals surface area contributed by atoms with Gasteiger partial charge in [0, 0.05) is 30.8 Å². The Kier molecular flexibility index (Phi) is 5.63. The van der Waals surface area contributed by atoms with E-state index in [1.807, 2.05) is 19.1 Å². The molecule has 6 rings (SSSR count). The highest BCUT2D eigenvalue weighted by atomic mass is 16.6. The molecular formula is C27H33N5O3. The molecule has 8 heteroatoms. The highest BCUT2D eigenvalue weighted by Crippen LogP contribution is 2.45. The highest BCUT2D eigenvalue weighted by Gasteiger charge is 2.46. The number of nitrogen functional groups attached to an aromatic ring is 1. The third-order valence-corrected chi connectivity index (χ3v) is 8.06. The van der Waals surface area contributed by atoms with Gasteiger partial charge in [0.15, 0.2) is 0 Å². The smallest absolute Gasteiger partial charge is 0.219 e. The monoisotopic (exact) mass is 475 g/mol. The average molecular weight is 476 g/mol. The standard InChI is InChI=1S/C27H33N5O3/c1-2-23(33)29-13-17-10-19(11-17)32-14-22(24-25(28)30-16-31-26(24)32)18-4-3-5-21(12-18)34-15-27-8-6-20(35-27)7-9-27/h3-5,12,14,16-17,19-20H,2,6-11,13,15H2,1H3,(H,29,33)(H2,28,30,31). The molecule has 1 aliphatic carbocycles. The molecule has 2 saturated heterocycles. The van der Waals surface area contributed by atoms with Crippen molar-refractivity contribution in [2.24, 2.45) is 5.92 Å². The molecule has 1 aromatic carbocycles. The predicted octanol–water partition coefficient (Wildman–Crippen LogP) is 4.25. The summed E-state index contributed by atoms with van der Waals surface area (Å²) in [5.74, 6) is 1.91. The second kappa shape index (κ2) is 8.82. The molecule has 35 heavy (non-hydrogen) atoms. The van der Waals surface area contributed by atoms with Crippen LogP contribution in [0.5, 0.6) is 5.75 Å². The number of hydrogen-bond donors (Lipinski definition) is 2. The Morgan fingerprint density at radius 1 is 1.29 bits per heavy atom. The molecule has 8 nitrogen and oxygen atoms in total. The molecule has 0 atom stereocenters. The summed E-state index contributed by atoms with van der Waals surface area (Å²) in [5.41, 5.74) is 9.15. The molecule has 184 valence electrons. The number of nitrogens with one attached hydrogen (secondary N) is 1. The van der Waals surface area contributed by atoms with Crippen LogP contribution < -0.4 is 15.8 Å². The van der Waals surface area contributed by atoms with Crippen molar-refractivity contribution in [1.29, 1.82) is 0 Å². The van der Waals surface area contributed by atoms with Gasteiger partial charge >= 0.3 is 0 Å². The first-order valence-electron chi connectivity index (χ1n) is 12.8. The number of benzene rings is 1. The van der Waals surface area contributed by atoms with Gasteiger partial charge in [-0.1, -0.05) is 19.1 Å². The number of nitrogens with two attached hydrogens (primary N) is 1. The molecule has 2 bridgehead atoms. The largest absolute Gasteiger partial charge is 0.491 e. The SMILES string of the molecule is CCC(=O)NCC1CC(n2cc(-c3cccc(OCC45CCC(CC4)O5)c3)c3c(N)ncnc32)C1. The fourth-order valence-electron chi connectivity index (χ4n) is 5.94. The van der Waals surface area contributed by atoms with E-state index in [9.17, 15) is 4.79 Å². The number of anilines is 1. The number of nitrogens with zero attached hydrogens (tertiary/aromatic N) is 3. The first kappa shape index (κ1) is 22.3. The van der Waals surface area contributed by atoms with Crippen LogP contribution in [-0.4, -0.2) is 45.3 Å². The van der Waals surface area contributed by atoms with E-state index < -0.39 is 0 Å². The van der Waals surface area contributed by atoms with Crippen molar-refractivity contribution in [3.05, 3.63) is 36.8 Å². The van der Waals surface area contributed by atoms with Crippen molar-refractivity contribution < 1.29 is 14.3 Å². The van der Waals surface area contributed by atoms with Gasteiger partial charge in [-0.15, -0.1) is 0 Å².